The van der Waals surface area contributed by atoms with E-state index in [2.05, 4.69) is 0 Å². The molecule has 1 aliphatic carbocycles. The van der Waals surface area contributed by atoms with Gasteiger partial charge >= 0.3 is 5.97 Å². The Balaban J connectivity index is 1.70. The number of hydrogen-bond donors (Lipinski definition) is 1. The van der Waals surface area contributed by atoms with Gasteiger partial charge in [0.2, 0.25) is 6.29 Å². The van der Waals surface area contributed by atoms with Crippen molar-refractivity contribution in [2.45, 2.75) is 76.8 Å². The highest BCUT2D eigenvalue weighted by Crippen LogP contribution is 2.30. The minimum Gasteiger partial charge on any atom is -0.434 e. The third-order valence-corrected chi connectivity index (χ3v) is 4.30. The Hall–Kier alpha value is -0.650. The van der Waals surface area contributed by atoms with Crippen molar-refractivity contribution in [2.75, 3.05) is 13.2 Å². The van der Waals surface area contributed by atoms with Crippen LogP contribution < -0.4 is 0 Å². The molecular weight excluding hydrogens is 272 g/mol. The van der Waals surface area contributed by atoms with Gasteiger partial charge in [-0.3, -0.25) is 0 Å². The third-order valence-electron chi connectivity index (χ3n) is 4.30. The van der Waals surface area contributed by atoms with E-state index in [1.54, 1.807) is 6.92 Å². The standard InChI is InChI=1S/C16H28O5/c1-12(17)10-13-6-2-3-7-14(13)20-11-15(18)21-16-8-4-5-9-19-16/h12-14,16-17H,2-11H2,1H3. The van der Waals surface area contributed by atoms with Crippen molar-refractivity contribution in [3.8, 4) is 0 Å². The van der Waals surface area contributed by atoms with Crippen LogP contribution in [0.2, 0.25) is 0 Å². The summed E-state index contributed by atoms with van der Waals surface area (Å²) in [6, 6.07) is 0. The van der Waals surface area contributed by atoms with Crippen LogP contribution in [-0.4, -0.2) is 42.8 Å². The van der Waals surface area contributed by atoms with Gasteiger partial charge in [0.05, 0.1) is 18.8 Å². The molecule has 2 aliphatic rings. The lowest BCUT2D eigenvalue weighted by atomic mass is 9.83. The van der Waals surface area contributed by atoms with Crippen LogP contribution in [0.1, 0.15) is 58.3 Å². The molecule has 0 aromatic carbocycles. The van der Waals surface area contributed by atoms with Crippen molar-refractivity contribution in [1.29, 1.82) is 0 Å². The zero-order valence-corrected chi connectivity index (χ0v) is 13.0. The zero-order chi connectivity index (χ0) is 15.1. The van der Waals surface area contributed by atoms with Gasteiger partial charge in [-0.15, -0.1) is 0 Å². The van der Waals surface area contributed by atoms with Crippen molar-refractivity contribution in [3.63, 3.8) is 0 Å². The molecule has 4 atom stereocenters. The second kappa shape index (κ2) is 8.71. The Morgan fingerprint density at radius 1 is 1.24 bits per heavy atom. The summed E-state index contributed by atoms with van der Waals surface area (Å²) in [5, 5.41) is 9.55. The lowest BCUT2D eigenvalue weighted by molar-refractivity contribution is -0.193. The maximum absolute atomic E-state index is 11.8. The number of aliphatic hydroxyl groups excluding tert-OH is 1. The van der Waals surface area contributed by atoms with Crippen molar-refractivity contribution < 1.29 is 24.1 Å². The van der Waals surface area contributed by atoms with E-state index in [0.717, 1.165) is 44.9 Å². The highest BCUT2D eigenvalue weighted by atomic mass is 16.7. The predicted octanol–water partition coefficient (Wildman–Crippen LogP) is 2.40. The largest absolute Gasteiger partial charge is 0.434 e. The average Bonchev–Trinajstić information content (AvgIpc) is 2.47. The molecule has 5 heteroatoms. The van der Waals surface area contributed by atoms with Gasteiger partial charge in [0, 0.05) is 6.42 Å². The number of ether oxygens (including phenoxy) is 3. The third kappa shape index (κ3) is 5.93. The number of carbonyl (C=O) groups is 1. The average molecular weight is 300 g/mol. The molecule has 0 spiro atoms. The second-order valence-corrected chi connectivity index (χ2v) is 6.26. The molecule has 0 bridgehead atoms. The molecular formula is C16H28O5. The fourth-order valence-corrected chi connectivity index (χ4v) is 3.26. The topological polar surface area (TPSA) is 65.0 Å². The normalized spacial score (nSPS) is 31.6. The fraction of sp³-hybridized carbons (Fsp3) is 0.938. The molecule has 0 radical (unpaired) electrons. The lowest BCUT2D eigenvalue weighted by Crippen LogP contribution is -2.33. The summed E-state index contributed by atoms with van der Waals surface area (Å²) < 4.78 is 16.4. The summed E-state index contributed by atoms with van der Waals surface area (Å²) in [6.07, 6.45) is 7.28. The van der Waals surface area contributed by atoms with Gasteiger partial charge in [0.25, 0.3) is 0 Å². The quantitative estimate of drug-likeness (QED) is 0.763. The molecule has 1 N–H and O–H groups in total. The minimum atomic E-state index is -0.394. The van der Waals surface area contributed by atoms with Crippen LogP contribution in [0.25, 0.3) is 0 Å². The Morgan fingerprint density at radius 3 is 2.71 bits per heavy atom. The maximum atomic E-state index is 11.8. The van der Waals surface area contributed by atoms with Gasteiger partial charge in [0.15, 0.2) is 0 Å². The van der Waals surface area contributed by atoms with Crippen molar-refractivity contribution >= 4 is 5.97 Å². The Morgan fingerprint density at radius 2 is 2.00 bits per heavy atom. The summed E-state index contributed by atoms with van der Waals surface area (Å²) in [7, 11) is 0. The van der Waals surface area contributed by atoms with Gasteiger partial charge in [-0.25, -0.2) is 4.79 Å². The first-order valence-corrected chi connectivity index (χ1v) is 8.26. The molecule has 1 saturated heterocycles. The molecule has 0 aromatic rings. The van der Waals surface area contributed by atoms with E-state index < -0.39 is 6.29 Å². The van der Waals surface area contributed by atoms with E-state index in [-0.39, 0.29) is 24.8 Å². The van der Waals surface area contributed by atoms with E-state index in [0.29, 0.717) is 12.5 Å². The summed E-state index contributed by atoms with van der Waals surface area (Å²) in [6.45, 7) is 2.46. The molecule has 0 aromatic heterocycles. The van der Waals surface area contributed by atoms with E-state index in [1.807, 2.05) is 0 Å². The first kappa shape index (κ1) is 16.7. The number of rotatable bonds is 6. The summed E-state index contributed by atoms with van der Waals surface area (Å²) in [5.74, 6) is 0.000695. The van der Waals surface area contributed by atoms with Crippen LogP contribution in [0, 0.1) is 5.92 Å². The van der Waals surface area contributed by atoms with E-state index in [9.17, 15) is 9.90 Å². The highest BCUT2D eigenvalue weighted by Gasteiger charge is 2.28. The van der Waals surface area contributed by atoms with E-state index in [1.165, 1.54) is 6.42 Å². The van der Waals surface area contributed by atoms with Gasteiger partial charge in [0.1, 0.15) is 6.61 Å². The molecule has 1 aliphatic heterocycles. The van der Waals surface area contributed by atoms with Crippen LogP contribution >= 0.6 is 0 Å². The zero-order valence-electron chi connectivity index (χ0n) is 13.0. The summed E-state index contributed by atoms with van der Waals surface area (Å²) in [5.41, 5.74) is 0. The second-order valence-electron chi connectivity index (χ2n) is 6.26. The number of esters is 1. The lowest BCUT2D eigenvalue weighted by Gasteiger charge is -2.32. The Bertz CT molecular complexity index is 312. The van der Waals surface area contributed by atoms with Crippen LogP contribution in [0.3, 0.4) is 0 Å². The first-order chi connectivity index (χ1) is 10.1. The SMILES string of the molecule is CC(O)CC1CCCCC1OCC(=O)OC1CCCCO1. The van der Waals surface area contributed by atoms with Crippen LogP contribution in [0.5, 0.6) is 0 Å². The maximum Gasteiger partial charge on any atom is 0.334 e. The van der Waals surface area contributed by atoms with Crippen LogP contribution in [0.4, 0.5) is 0 Å². The molecule has 122 valence electrons. The van der Waals surface area contributed by atoms with E-state index in [4.69, 9.17) is 14.2 Å². The summed E-state index contributed by atoms with van der Waals surface area (Å²) >= 11 is 0. The molecule has 0 amide bonds. The Labute approximate surface area is 126 Å². The fourth-order valence-electron chi connectivity index (χ4n) is 3.26. The van der Waals surface area contributed by atoms with Gasteiger partial charge in [-0.05, 0) is 44.9 Å². The number of carbonyl (C=O) groups excluding carboxylic acids is 1. The van der Waals surface area contributed by atoms with Crippen molar-refractivity contribution in [2.24, 2.45) is 5.92 Å². The van der Waals surface area contributed by atoms with Gasteiger partial charge in [-0.1, -0.05) is 12.8 Å². The monoisotopic (exact) mass is 300 g/mol. The molecule has 2 rings (SSSR count). The Kier molecular flexibility index (Phi) is 6.93. The molecule has 5 nitrogen and oxygen atoms in total. The van der Waals surface area contributed by atoms with Gasteiger partial charge < -0.3 is 19.3 Å². The van der Waals surface area contributed by atoms with Crippen LogP contribution in [-0.2, 0) is 19.0 Å². The molecule has 1 heterocycles. The molecule has 21 heavy (non-hydrogen) atoms. The first-order valence-electron chi connectivity index (χ1n) is 8.26. The van der Waals surface area contributed by atoms with E-state index >= 15 is 0 Å². The molecule has 2 fully saturated rings. The smallest absolute Gasteiger partial charge is 0.334 e. The van der Waals surface area contributed by atoms with Crippen molar-refractivity contribution in [3.05, 3.63) is 0 Å². The summed E-state index contributed by atoms with van der Waals surface area (Å²) in [4.78, 5) is 11.8. The van der Waals surface area contributed by atoms with Crippen molar-refractivity contribution in [1.82, 2.24) is 0 Å². The van der Waals surface area contributed by atoms with Crippen LogP contribution in [0.15, 0.2) is 0 Å². The minimum absolute atomic E-state index is 0.0131. The highest BCUT2D eigenvalue weighted by molar-refractivity contribution is 5.70. The number of aliphatic hydroxyl groups is 1. The van der Waals surface area contributed by atoms with Gasteiger partial charge in [-0.2, -0.15) is 0 Å². The predicted molar refractivity (Wildman–Crippen MR) is 77.7 cm³/mol. The molecule has 4 unspecified atom stereocenters. The molecule has 1 saturated carbocycles. The number of hydrogen-bond acceptors (Lipinski definition) is 5.